The Kier molecular flexibility index (Phi) is 3.65. The van der Waals surface area contributed by atoms with Gasteiger partial charge < -0.3 is 14.6 Å². The Morgan fingerprint density at radius 3 is 3.00 bits per heavy atom. The molecule has 2 aliphatic heterocycles. The molecule has 0 unspecified atom stereocenters. The van der Waals surface area contributed by atoms with E-state index in [-0.39, 0.29) is 17.8 Å². The second kappa shape index (κ2) is 5.93. The second-order valence-corrected chi connectivity index (χ2v) is 7.13. The van der Waals surface area contributed by atoms with Crippen LogP contribution < -0.4 is 10.1 Å². The molecule has 0 aliphatic carbocycles. The zero-order valence-corrected chi connectivity index (χ0v) is 14.5. The summed E-state index contributed by atoms with van der Waals surface area (Å²) in [6, 6.07) is 10.9. The zero-order valence-electron chi connectivity index (χ0n) is 13.8. The molecule has 4 nitrogen and oxygen atoms in total. The van der Waals surface area contributed by atoms with Gasteiger partial charge in [-0.1, -0.05) is 23.7 Å². The van der Waals surface area contributed by atoms with Gasteiger partial charge in [-0.3, -0.25) is 0 Å². The lowest BCUT2D eigenvalue weighted by Crippen LogP contribution is -2.25. The molecule has 3 aromatic rings. The van der Waals surface area contributed by atoms with Crippen molar-refractivity contribution < 1.29 is 13.5 Å². The summed E-state index contributed by atoms with van der Waals surface area (Å²) in [5, 5.41) is 4.17. The molecule has 2 aliphatic rings. The smallest absolute Gasteiger partial charge is 0.387 e. The molecular formula is C19H16ClF2N3O. The lowest BCUT2D eigenvalue weighted by atomic mass is 9.92. The van der Waals surface area contributed by atoms with E-state index in [0.29, 0.717) is 5.02 Å². The molecule has 7 heteroatoms. The van der Waals surface area contributed by atoms with E-state index in [0.717, 1.165) is 47.4 Å². The molecule has 3 heterocycles. The topological polar surface area (TPSA) is 39.1 Å². The number of halogens is 3. The summed E-state index contributed by atoms with van der Waals surface area (Å²) < 4.78 is 33.0. The van der Waals surface area contributed by atoms with Crippen molar-refractivity contribution in [2.45, 2.75) is 31.5 Å². The SMILES string of the molecule is FC(F)Oc1cccc2c1[C@H]1C[C@@H](NCC2)c2nc3ccc(Cl)cc3n21. The van der Waals surface area contributed by atoms with Crippen LogP contribution in [0.4, 0.5) is 8.78 Å². The highest BCUT2D eigenvalue weighted by Crippen LogP contribution is 2.46. The Morgan fingerprint density at radius 1 is 1.27 bits per heavy atom. The monoisotopic (exact) mass is 375 g/mol. The average Bonchev–Trinajstić information content (AvgIpc) is 3.11. The molecule has 0 amide bonds. The van der Waals surface area contributed by atoms with Crippen LogP contribution in [0.5, 0.6) is 5.75 Å². The Labute approximate surface area is 153 Å². The van der Waals surface area contributed by atoms with Crippen LogP contribution in [-0.2, 0) is 6.42 Å². The number of imidazole rings is 1. The van der Waals surface area contributed by atoms with Crippen molar-refractivity contribution in [2.24, 2.45) is 0 Å². The van der Waals surface area contributed by atoms with Gasteiger partial charge in [-0.05, 0) is 49.2 Å². The average molecular weight is 376 g/mol. The fraction of sp³-hybridized carbons (Fsp3) is 0.316. The fourth-order valence-electron chi connectivity index (χ4n) is 4.28. The third-order valence-corrected chi connectivity index (χ3v) is 5.49. The molecule has 0 saturated heterocycles. The highest BCUT2D eigenvalue weighted by Gasteiger charge is 2.38. The van der Waals surface area contributed by atoms with Crippen molar-refractivity contribution >= 4 is 22.6 Å². The van der Waals surface area contributed by atoms with Crippen LogP contribution in [0.15, 0.2) is 36.4 Å². The predicted molar refractivity (Wildman–Crippen MR) is 95.0 cm³/mol. The number of nitrogens with one attached hydrogen (secondary N) is 1. The molecule has 0 saturated carbocycles. The Bertz CT molecular complexity index is 1000. The van der Waals surface area contributed by atoms with Crippen molar-refractivity contribution in [3.8, 4) is 5.75 Å². The van der Waals surface area contributed by atoms with Gasteiger partial charge in [0.25, 0.3) is 0 Å². The molecule has 0 fully saturated rings. The first-order valence-electron chi connectivity index (χ1n) is 8.59. The van der Waals surface area contributed by atoms with Gasteiger partial charge in [0.1, 0.15) is 11.6 Å². The van der Waals surface area contributed by atoms with Crippen LogP contribution in [0.2, 0.25) is 5.02 Å². The highest BCUT2D eigenvalue weighted by atomic mass is 35.5. The van der Waals surface area contributed by atoms with Gasteiger partial charge in [-0.25, -0.2) is 4.98 Å². The van der Waals surface area contributed by atoms with Gasteiger partial charge in [0.2, 0.25) is 0 Å². The summed E-state index contributed by atoms with van der Waals surface area (Å²) in [7, 11) is 0. The third kappa shape index (κ3) is 2.40. The Morgan fingerprint density at radius 2 is 2.15 bits per heavy atom. The van der Waals surface area contributed by atoms with Crippen LogP contribution in [0, 0.1) is 0 Å². The molecule has 26 heavy (non-hydrogen) atoms. The number of alkyl halides is 2. The fourth-order valence-corrected chi connectivity index (χ4v) is 4.45. The van der Waals surface area contributed by atoms with Crippen LogP contribution in [-0.4, -0.2) is 22.7 Å². The van der Waals surface area contributed by atoms with E-state index < -0.39 is 6.61 Å². The van der Waals surface area contributed by atoms with E-state index in [1.807, 2.05) is 24.3 Å². The van der Waals surface area contributed by atoms with Gasteiger partial charge in [-0.15, -0.1) is 0 Å². The minimum atomic E-state index is -2.85. The minimum absolute atomic E-state index is 0.0823. The van der Waals surface area contributed by atoms with Gasteiger partial charge in [-0.2, -0.15) is 8.78 Å². The number of ether oxygens (including phenoxy) is 1. The van der Waals surface area contributed by atoms with Crippen LogP contribution >= 0.6 is 11.6 Å². The zero-order chi connectivity index (χ0) is 17.8. The molecule has 0 spiro atoms. The first-order valence-corrected chi connectivity index (χ1v) is 8.97. The molecular weight excluding hydrogens is 360 g/mol. The second-order valence-electron chi connectivity index (χ2n) is 6.69. The number of hydrogen-bond acceptors (Lipinski definition) is 3. The van der Waals surface area contributed by atoms with Crippen molar-refractivity contribution in [3.05, 3.63) is 58.4 Å². The number of nitrogens with zero attached hydrogens (tertiary/aromatic N) is 2. The number of hydrogen-bond donors (Lipinski definition) is 1. The Hall–Kier alpha value is -2.18. The van der Waals surface area contributed by atoms with Crippen LogP contribution in [0.3, 0.4) is 0 Å². The van der Waals surface area contributed by atoms with Crippen molar-refractivity contribution in [1.82, 2.24) is 14.9 Å². The maximum atomic E-state index is 13.0. The normalized spacial score (nSPS) is 21.4. The highest BCUT2D eigenvalue weighted by molar-refractivity contribution is 6.31. The van der Waals surface area contributed by atoms with E-state index in [2.05, 4.69) is 9.88 Å². The first kappa shape index (κ1) is 16.0. The van der Waals surface area contributed by atoms with Gasteiger partial charge in [0, 0.05) is 10.6 Å². The largest absolute Gasteiger partial charge is 0.434 e. The maximum absolute atomic E-state index is 13.0. The first-order chi connectivity index (χ1) is 12.6. The maximum Gasteiger partial charge on any atom is 0.387 e. The number of benzene rings is 2. The van der Waals surface area contributed by atoms with Gasteiger partial charge in [0.05, 0.1) is 23.1 Å². The molecule has 5 rings (SSSR count). The molecule has 2 bridgehead atoms. The van der Waals surface area contributed by atoms with Crippen LogP contribution in [0.1, 0.15) is 35.5 Å². The minimum Gasteiger partial charge on any atom is -0.434 e. The summed E-state index contributed by atoms with van der Waals surface area (Å²) >= 11 is 6.20. The summed E-state index contributed by atoms with van der Waals surface area (Å²) in [6.45, 7) is -2.09. The van der Waals surface area contributed by atoms with Crippen LogP contribution in [0.25, 0.3) is 11.0 Å². The van der Waals surface area contributed by atoms with E-state index in [9.17, 15) is 8.78 Å². The molecule has 2 aromatic carbocycles. The summed E-state index contributed by atoms with van der Waals surface area (Å²) in [5.74, 6) is 1.17. The van der Waals surface area contributed by atoms with E-state index >= 15 is 0 Å². The standard InChI is InChI=1S/C19H16ClF2N3O/c20-11-4-5-12-14(8-11)25-15-9-13(18(25)24-12)23-7-6-10-2-1-3-16(17(10)15)26-19(21)22/h1-5,8,13,15,19,23H,6-7,9H2/t13-,15-/m1/s1. The number of rotatable bonds is 2. The molecule has 1 N–H and O–H groups in total. The van der Waals surface area contributed by atoms with Crippen molar-refractivity contribution in [3.63, 3.8) is 0 Å². The Balaban J connectivity index is 1.76. The summed E-state index contributed by atoms with van der Waals surface area (Å²) in [6.07, 6.45) is 1.51. The molecule has 134 valence electrons. The van der Waals surface area contributed by atoms with Crippen molar-refractivity contribution in [2.75, 3.05) is 6.54 Å². The van der Waals surface area contributed by atoms with E-state index in [4.69, 9.17) is 21.3 Å². The van der Waals surface area contributed by atoms with Crippen molar-refractivity contribution in [1.29, 1.82) is 0 Å². The lowest BCUT2D eigenvalue weighted by molar-refractivity contribution is -0.0507. The lowest BCUT2D eigenvalue weighted by Gasteiger charge is -2.24. The van der Waals surface area contributed by atoms with Gasteiger partial charge in [0.15, 0.2) is 0 Å². The summed E-state index contributed by atoms with van der Waals surface area (Å²) in [4.78, 5) is 4.78. The summed E-state index contributed by atoms with van der Waals surface area (Å²) in [5.41, 5.74) is 3.63. The number of fused-ring (bicyclic) bond motifs is 9. The quantitative estimate of drug-likeness (QED) is 0.718. The third-order valence-electron chi connectivity index (χ3n) is 5.25. The van der Waals surface area contributed by atoms with E-state index in [1.54, 1.807) is 12.1 Å². The molecule has 0 radical (unpaired) electrons. The molecule has 1 aromatic heterocycles. The van der Waals surface area contributed by atoms with Gasteiger partial charge >= 0.3 is 6.61 Å². The molecule has 2 atom stereocenters. The predicted octanol–water partition coefficient (Wildman–Crippen LogP) is 4.47. The number of aromatic nitrogens is 2. The van der Waals surface area contributed by atoms with E-state index in [1.165, 1.54) is 0 Å².